The van der Waals surface area contributed by atoms with Crippen molar-refractivity contribution in [2.75, 3.05) is 0 Å². The number of halogens is 3. The van der Waals surface area contributed by atoms with E-state index in [4.69, 9.17) is 9.84 Å². The van der Waals surface area contributed by atoms with Crippen LogP contribution in [-0.4, -0.2) is 17.3 Å². The number of aliphatic hydroxyl groups is 1. The van der Waals surface area contributed by atoms with Gasteiger partial charge in [0.2, 0.25) is 0 Å². The number of benzene rings is 1. The number of hydrogen-bond acceptors (Lipinski definition) is 2. The predicted molar refractivity (Wildman–Crippen MR) is 53.2 cm³/mol. The molecule has 0 radical (unpaired) electrons. The van der Waals surface area contributed by atoms with Crippen molar-refractivity contribution >= 4 is 0 Å². The maximum atomic E-state index is 12.2. The molecule has 2 atom stereocenters. The Morgan fingerprint density at radius 2 is 1.62 bits per heavy atom. The molecule has 0 amide bonds. The first-order chi connectivity index (χ1) is 7.30. The zero-order valence-corrected chi connectivity index (χ0v) is 8.95. The van der Waals surface area contributed by atoms with E-state index in [1.54, 1.807) is 13.8 Å². The van der Waals surface area contributed by atoms with Crippen LogP contribution in [0.4, 0.5) is 13.2 Å². The summed E-state index contributed by atoms with van der Waals surface area (Å²) in [6.45, 7) is 3.19. The number of aliphatic hydroxyl groups excluding tert-OH is 1. The van der Waals surface area contributed by atoms with E-state index in [1.165, 1.54) is 12.1 Å². The van der Waals surface area contributed by atoms with Crippen LogP contribution in [0.2, 0.25) is 0 Å². The molecule has 2 unspecified atom stereocenters. The second-order valence-corrected chi connectivity index (χ2v) is 3.59. The molecule has 0 fully saturated rings. The largest absolute Gasteiger partial charge is 0.488 e. The Morgan fingerprint density at radius 1 is 1.12 bits per heavy atom. The first-order valence-electron chi connectivity index (χ1n) is 4.82. The third-order valence-electron chi connectivity index (χ3n) is 2.18. The Hall–Kier alpha value is -1.23. The third kappa shape index (κ3) is 3.41. The van der Waals surface area contributed by atoms with Crippen LogP contribution in [0.1, 0.15) is 19.4 Å². The summed E-state index contributed by atoms with van der Waals surface area (Å²) in [7, 11) is 0. The lowest BCUT2D eigenvalue weighted by Gasteiger charge is -2.17. The van der Waals surface area contributed by atoms with Gasteiger partial charge in [-0.1, -0.05) is 0 Å². The van der Waals surface area contributed by atoms with Gasteiger partial charge in [-0.3, -0.25) is 0 Å². The average molecular weight is 234 g/mol. The van der Waals surface area contributed by atoms with E-state index in [2.05, 4.69) is 0 Å². The lowest BCUT2D eigenvalue weighted by Crippen LogP contribution is -2.25. The van der Waals surface area contributed by atoms with Gasteiger partial charge in [0.15, 0.2) is 0 Å². The normalized spacial score (nSPS) is 15.6. The second kappa shape index (κ2) is 4.74. The second-order valence-electron chi connectivity index (χ2n) is 3.59. The maximum Gasteiger partial charge on any atom is 0.416 e. The van der Waals surface area contributed by atoms with Crippen LogP contribution in [0, 0.1) is 0 Å². The minimum atomic E-state index is -4.34. The summed E-state index contributed by atoms with van der Waals surface area (Å²) in [4.78, 5) is 0. The number of alkyl halides is 3. The number of rotatable bonds is 3. The quantitative estimate of drug-likeness (QED) is 0.871. The van der Waals surface area contributed by atoms with Gasteiger partial charge in [-0.2, -0.15) is 13.2 Å². The van der Waals surface area contributed by atoms with Gasteiger partial charge in [0.05, 0.1) is 11.7 Å². The highest BCUT2D eigenvalue weighted by Gasteiger charge is 2.30. The van der Waals surface area contributed by atoms with Crippen molar-refractivity contribution in [2.24, 2.45) is 0 Å². The van der Waals surface area contributed by atoms with Crippen LogP contribution >= 0.6 is 0 Å². The average Bonchev–Trinajstić information content (AvgIpc) is 2.17. The van der Waals surface area contributed by atoms with Crippen molar-refractivity contribution in [1.29, 1.82) is 0 Å². The molecule has 0 heterocycles. The lowest BCUT2D eigenvalue weighted by atomic mass is 10.2. The molecule has 0 aromatic heterocycles. The van der Waals surface area contributed by atoms with Gasteiger partial charge in [-0.15, -0.1) is 0 Å². The summed E-state index contributed by atoms with van der Waals surface area (Å²) in [6.07, 6.45) is -5.48. The third-order valence-corrected chi connectivity index (χ3v) is 2.18. The molecule has 1 aromatic rings. The smallest absolute Gasteiger partial charge is 0.416 e. The highest BCUT2D eigenvalue weighted by molar-refractivity contribution is 5.29. The molecule has 90 valence electrons. The van der Waals surface area contributed by atoms with Crippen molar-refractivity contribution < 1.29 is 23.0 Å². The van der Waals surface area contributed by atoms with Gasteiger partial charge in [0.25, 0.3) is 0 Å². The Kier molecular flexibility index (Phi) is 3.80. The molecule has 5 heteroatoms. The summed E-state index contributed by atoms with van der Waals surface area (Å²) < 4.78 is 41.9. The van der Waals surface area contributed by atoms with Gasteiger partial charge in [0, 0.05) is 0 Å². The molecule has 0 aliphatic heterocycles. The summed E-state index contributed by atoms with van der Waals surface area (Å²) in [5.74, 6) is 0.307. The summed E-state index contributed by atoms with van der Waals surface area (Å²) in [6, 6.07) is 4.37. The van der Waals surface area contributed by atoms with Crippen LogP contribution in [0.3, 0.4) is 0 Å². The van der Waals surface area contributed by atoms with E-state index in [9.17, 15) is 13.2 Å². The molecule has 0 saturated carbocycles. The van der Waals surface area contributed by atoms with E-state index in [0.29, 0.717) is 5.75 Å². The Bertz CT molecular complexity index is 330. The van der Waals surface area contributed by atoms with Crippen LogP contribution in [0.25, 0.3) is 0 Å². The molecule has 0 aliphatic rings. The molecule has 0 bridgehead atoms. The standard InChI is InChI=1S/C11H13F3O2/c1-7(15)8(2)16-10-5-3-9(4-6-10)11(12,13)14/h3-8,15H,1-2H3. The van der Waals surface area contributed by atoms with Gasteiger partial charge >= 0.3 is 6.18 Å². The zero-order valence-electron chi connectivity index (χ0n) is 8.95. The summed E-state index contributed by atoms with van der Waals surface area (Å²) in [5.41, 5.74) is -0.718. The van der Waals surface area contributed by atoms with Crippen molar-refractivity contribution in [3.8, 4) is 5.75 Å². The van der Waals surface area contributed by atoms with Crippen molar-refractivity contribution in [2.45, 2.75) is 32.2 Å². The molecule has 1 aromatic carbocycles. The fourth-order valence-electron chi connectivity index (χ4n) is 1.04. The minimum absolute atomic E-state index is 0.307. The van der Waals surface area contributed by atoms with Crippen molar-refractivity contribution in [1.82, 2.24) is 0 Å². The molecule has 1 N–H and O–H groups in total. The SMILES string of the molecule is CC(O)C(C)Oc1ccc(C(F)(F)F)cc1. The number of hydrogen-bond donors (Lipinski definition) is 1. The van der Waals surface area contributed by atoms with Gasteiger partial charge < -0.3 is 9.84 Å². The predicted octanol–water partition coefficient (Wildman–Crippen LogP) is 2.85. The number of ether oxygens (including phenoxy) is 1. The van der Waals surface area contributed by atoms with E-state index in [1.807, 2.05) is 0 Å². The fourth-order valence-corrected chi connectivity index (χ4v) is 1.04. The monoisotopic (exact) mass is 234 g/mol. The zero-order chi connectivity index (χ0) is 12.3. The summed E-state index contributed by atoms with van der Waals surface area (Å²) in [5, 5.41) is 9.16. The van der Waals surface area contributed by atoms with Gasteiger partial charge in [0.1, 0.15) is 11.9 Å². The van der Waals surface area contributed by atoms with E-state index in [0.717, 1.165) is 12.1 Å². The van der Waals surface area contributed by atoms with Crippen molar-refractivity contribution in [3.05, 3.63) is 29.8 Å². The first kappa shape index (κ1) is 12.8. The maximum absolute atomic E-state index is 12.2. The van der Waals surface area contributed by atoms with E-state index in [-0.39, 0.29) is 0 Å². The van der Waals surface area contributed by atoms with E-state index < -0.39 is 23.9 Å². The topological polar surface area (TPSA) is 29.5 Å². The highest BCUT2D eigenvalue weighted by atomic mass is 19.4. The van der Waals surface area contributed by atoms with Crippen LogP contribution in [0.15, 0.2) is 24.3 Å². The molecular weight excluding hydrogens is 221 g/mol. The lowest BCUT2D eigenvalue weighted by molar-refractivity contribution is -0.137. The Morgan fingerprint density at radius 3 is 2.00 bits per heavy atom. The minimum Gasteiger partial charge on any atom is -0.488 e. The molecule has 0 aliphatic carbocycles. The molecular formula is C11H13F3O2. The Labute approximate surface area is 91.7 Å². The van der Waals surface area contributed by atoms with Crippen LogP contribution in [-0.2, 0) is 6.18 Å². The molecule has 0 spiro atoms. The highest BCUT2D eigenvalue weighted by Crippen LogP contribution is 2.30. The first-order valence-corrected chi connectivity index (χ1v) is 4.82. The van der Waals surface area contributed by atoms with E-state index >= 15 is 0 Å². The fraction of sp³-hybridized carbons (Fsp3) is 0.455. The van der Waals surface area contributed by atoms with Crippen LogP contribution < -0.4 is 4.74 Å². The molecule has 0 saturated heterocycles. The Balaban J connectivity index is 2.72. The van der Waals surface area contributed by atoms with Crippen LogP contribution in [0.5, 0.6) is 5.75 Å². The molecule has 16 heavy (non-hydrogen) atoms. The van der Waals surface area contributed by atoms with Gasteiger partial charge in [-0.25, -0.2) is 0 Å². The molecule has 2 nitrogen and oxygen atoms in total. The van der Waals surface area contributed by atoms with Crippen molar-refractivity contribution in [3.63, 3.8) is 0 Å². The van der Waals surface area contributed by atoms with Gasteiger partial charge in [-0.05, 0) is 38.1 Å². The molecule has 1 rings (SSSR count). The summed E-state index contributed by atoms with van der Waals surface area (Å²) >= 11 is 0.